The number of allylic oxidation sites excluding steroid dienone is 4. The van der Waals surface area contributed by atoms with Gasteiger partial charge in [-0.15, -0.1) is 0 Å². The van der Waals surface area contributed by atoms with Crippen LogP contribution in [0.25, 0.3) is 54.7 Å². The minimum Gasteiger partial charge on any atom is -0.422 e. The number of pyridine rings is 1. The van der Waals surface area contributed by atoms with Gasteiger partial charge >= 0.3 is 5.63 Å². The standard InChI is InChI=1S/C32H21NO3/c34-31-26-12-5-4-10-23(26)27-18-21(20-8-2-1-3-9-20)14-17-29(27)33(31)22-15-16-24-25-11-6-7-13-30(25)36-32(35)28(24)19-22/h2,4-19H,1,3H2. The lowest BCUT2D eigenvalue weighted by molar-refractivity contribution is 0.569. The van der Waals surface area contributed by atoms with Crippen LogP contribution in [0.15, 0.2) is 117 Å². The lowest BCUT2D eigenvalue weighted by Crippen LogP contribution is -2.19. The van der Waals surface area contributed by atoms with Gasteiger partial charge in [0.2, 0.25) is 0 Å². The monoisotopic (exact) mass is 467 g/mol. The number of nitrogens with zero attached hydrogens (tertiary/aromatic N) is 1. The highest BCUT2D eigenvalue weighted by Gasteiger charge is 2.15. The highest BCUT2D eigenvalue weighted by molar-refractivity contribution is 6.08. The molecule has 36 heavy (non-hydrogen) atoms. The van der Waals surface area contributed by atoms with Crippen molar-refractivity contribution < 1.29 is 4.42 Å². The predicted octanol–water partition coefficient (Wildman–Crippen LogP) is 7.14. The Morgan fingerprint density at radius 2 is 1.44 bits per heavy atom. The third kappa shape index (κ3) is 3.08. The quantitative estimate of drug-likeness (QED) is 0.201. The van der Waals surface area contributed by atoms with Crippen LogP contribution in [0, 0.1) is 0 Å². The van der Waals surface area contributed by atoms with Gasteiger partial charge in [-0.2, -0.15) is 0 Å². The van der Waals surface area contributed by atoms with Crippen LogP contribution in [0.4, 0.5) is 0 Å². The molecule has 0 aliphatic heterocycles. The second kappa shape index (κ2) is 7.92. The van der Waals surface area contributed by atoms with Gasteiger partial charge in [-0.3, -0.25) is 9.36 Å². The molecule has 0 amide bonds. The summed E-state index contributed by atoms with van der Waals surface area (Å²) in [6.45, 7) is 0. The Hall–Kier alpha value is -4.70. The van der Waals surface area contributed by atoms with Gasteiger partial charge in [0.15, 0.2) is 0 Å². The molecule has 0 fully saturated rings. The van der Waals surface area contributed by atoms with E-state index in [1.54, 1.807) is 16.7 Å². The molecule has 2 heterocycles. The Morgan fingerprint density at radius 1 is 0.667 bits per heavy atom. The third-order valence-corrected chi connectivity index (χ3v) is 7.08. The normalized spacial score (nSPS) is 13.6. The minimum atomic E-state index is -0.415. The Kier molecular flexibility index (Phi) is 4.55. The number of benzene rings is 4. The summed E-state index contributed by atoms with van der Waals surface area (Å²) in [4.78, 5) is 26.7. The molecule has 0 unspecified atom stereocenters. The summed E-state index contributed by atoms with van der Waals surface area (Å²) in [5.41, 5.74) is 3.77. The lowest BCUT2D eigenvalue weighted by Gasteiger charge is -2.16. The van der Waals surface area contributed by atoms with E-state index in [1.807, 2.05) is 60.7 Å². The van der Waals surface area contributed by atoms with Crippen molar-refractivity contribution in [2.24, 2.45) is 0 Å². The Balaban J connectivity index is 1.55. The maximum atomic E-state index is 13.8. The van der Waals surface area contributed by atoms with Crippen molar-refractivity contribution in [1.82, 2.24) is 4.57 Å². The molecule has 1 aliphatic carbocycles. The van der Waals surface area contributed by atoms with Crippen LogP contribution in [0.2, 0.25) is 0 Å². The molecule has 0 saturated heterocycles. The van der Waals surface area contributed by atoms with E-state index in [2.05, 4.69) is 30.4 Å². The summed E-state index contributed by atoms with van der Waals surface area (Å²) in [5.74, 6) is 0. The number of fused-ring (bicyclic) bond motifs is 6. The molecule has 0 spiro atoms. The molecular formula is C32H21NO3. The van der Waals surface area contributed by atoms with E-state index in [-0.39, 0.29) is 5.56 Å². The summed E-state index contributed by atoms with van der Waals surface area (Å²) in [5, 5.41) is 4.68. The molecule has 0 atom stereocenters. The fraction of sp³-hybridized carbons (Fsp3) is 0.0625. The van der Waals surface area contributed by atoms with E-state index in [4.69, 9.17) is 4.42 Å². The number of para-hydroxylation sites is 1. The Labute approximate surface area is 206 Å². The average Bonchev–Trinajstić information content (AvgIpc) is 2.94. The molecular weight excluding hydrogens is 446 g/mol. The second-order valence-electron chi connectivity index (χ2n) is 9.17. The molecule has 0 N–H and O–H groups in total. The smallest absolute Gasteiger partial charge is 0.344 e. The zero-order chi connectivity index (χ0) is 24.2. The van der Waals surface area contributed by atoms with Crippen LogP contribution >= 0.6 is 0 Å². The number of hydrogen-bond acceptors (Lipinski definition) is 3. The van der Waals surface area contributed by atoms with Crippen molar-refractivity contribution in [3.05, 3.63) is 129 Å². The van der Waals surface area contributed by atoms with Crippen molar-refractivity contribution in [3.8, 4) is 5.69 Å². The van der Waals surface area contributed by atoms with Crippen molar-refractivity contribution in [1.29, 1.82) is 0 Å². The maximum absolute atomic E-state index is 13.8. The van der Waals surface area contributed by atoms with Crippen LogP contribution in [-0.2, 0) is 0 Å². The number of aromatic nitrogens is 1. The van der Waals surface area contributed by atoms with E-state index < -0.39 is 5.63 Å². The summed E-state index contributed by atoms with van der Waals surface area (Å²) in [6, 6.07) is 27.0. The van der Waals surface area contributed by atoms with Gasteiger partial charge in [0.05, 0.1) is 16.6 Å². The minimum absolute atomic E-state index is 0.118. The van der Waals surface area contributed by atoms with Gasteiger partial charge in [0.1, 0.15) is 5.58 Å². The zero-order valence-electron chi connectivity index (χ0n) is 19.4. The predicted molar refractivity (Wildman–Crippen MR) is 147 cm³/mol. The molecule has 0 saturated carbocycles. The van der Waals surface area contributed by atoms with Crippen LogP contribution in [-0.4, -0.2) is 4.57 Å². The van der Waals surface area contributed by atoms with E-state index in [1.165, 1.54) is 5.57 Å². The van der Waals surface area contributed by atoms with Gasteiger partial charge in [0, 0.05) is 21.5 Å². The molecule has 0 bridgehead atoms. The second-order valence-corrected chi connectivity index (χ2v) is 9.17. The third-order valence-electron chi connectivity index (χ3n) is 7.08. The van der Waals surface area contributed by atoms with Gasteiger partial charge in [-0.1, -0.05) is 66.8 Å². The molecule has 2 aromatic heterocycles. The summed E-state index contributed by atoms with van der Waals surface area (Å²) in [7, 11) is 0. The van der Waals surface area contributed by atoms with Crippen LogP contribution in [0.3, 0.4) is 0 Å². The van der Waals surface area contributed by atoms with Gasteiger partial charge < -0.3 is 4.42 Å². The lowest BCUT2D eigenvalue weighted by atomic mass is 9.96. The van der Waals surface area contributed by atoms with Gasteiger partial charge in [-0.05, 0) is 65.8 Å². The van der Waals surface area contributed by atoms with E-state index in [0.717, 1.165) is 45.5 Å². The van der Waals surface area contributed by atoms with Crippen LogP contribution < -0.4 is 11.2 Å². The largest absolute Gasteiger partial charge is 0.422 e. The van der Waals surface area contributed by atoms with Gasteiger partial charge in [0.25, 0.3) is 5.56 Å². The molecule has 4 heteroatoms. The Morgan fingerprint density at radius 3 is 2.28 bits per heavy atom. The van der Waals surface area contributed by atoms with Crippen LogP contribution in [0.5, 0.6) is 0 Å². The highest BCUT2D eigenvalue weighted by atomic mass is 16.4. The molecule has 4 nitrogen and oxygen atoms in total. The van der Waals surface area contributed by atoms with Crippen LogP contribution in [0.1, 0.15) is 18.4 Å². The molecule has 0 radical (unpaired) electrons. The molecule has 6 aromatic rings. The summed E-state index contributed by atoms with van der Waals surface area (Å²) in [6.07, 6.45) is 8.70. The van der Waals surface area contributed by atoms with E-state index in [0.29, 0.717) is 22.0 Å². The average molecular weight is 468 g/mol. The van der Waals surface area contributed by atoms with E-state index >= 15 is 0 Å². The van der Waals surface area contributed by atoms with Crippen molar-refractivity contribution in [2.75, 3.05) is 0 Å². The first kappa shape index (κ1) is 20.7. The zero-order valence-corrected chi connectivity index (χ0v) is 19.4. The first-order valence-electron chi connectivity index (χ1n) is 12.1. The Bertz CT molecular complexity index is 2040. The van der Waals surface area contributed by atoms with Gasteiger partial charge in [-0.25, -0.2) is 4.79 Å². The molecule has 4 aromatic carbocycles. The highest BCUT2D eigenvalue weighted by Crippen LogP contribution is 2.31. The SMILES string of the molecule is O=c1oc2ccccc2c2ccc(-n3c(=O)c4ccccc4c4cc(C5=CCCC=C5)ccc43)cc12. The van der Waals surface area contributed by atoms with Crippen molar-refractivity contribution >= 4 is 49.0 Å². The summed E-state index contributed by atoms with van der Waals surface area (Å²) >= 11 is 0. The summed E-state index contributed by atoms with van der Waals surface area (Å²) < 4.78 is 7.29. The molecule has 1 aliphatic rings. The number of hydrogen-bond donors (Lipinski definition) is 0. The number of rotatable bonds is 2. The molecule has 172 valence electrons. The fourth-order valence-electron chi connectivity index (χ4n) is 5.35. The maximum Gasteiger partial charge on any atom is 0.344 e. The first-order valence-corrected chi connectivity index (χ1v) is 12.1. The van der Waals surface area contributed by atoms with E-state index in [9.17, 15) is 9.59 Å². The first-order chi connectivity index (χ1) is 17.7. The van der Waals surface area contributed by atoms with Crippen molar-refractivity contribution in [3.63, 3.8) is 0 Å². The molecule has 7 rings (SSSR count). The topological polar surface area (TPSA) is 52.2 Å². The fourth-order valence-corrected chi connectivity index (χ4v) is 5.35. The van der Waals surface area contributed by atoms with Crippen molar-refractivity contribution in [2.45, 2.75) is 12.8 Å².